The Morgan fingerprint density at radius 2 is 1.73 bits per heavy atom. The van der Waals surface area contributed by atoms with Gasteiger partial charge in [0.15, 0.2) is 17.8 Å². The number of nitrogens with one attached hydrogen (secondary N) is 1. The third kappa shape index (κ3) is 7.62. The van der Waals surface area contributed by atoms with Gasteiger partial charge in [0.2, 0.25) is 0 Å². The van der Waals surface area contributed by atoms with E-state index < -0.39 is 29.7 Å². The first-order chi connectivity index (χ1) is 14.0. The Morgan fingerprint density at radius 3 is 2.20 bits per heavy atom. The summed E-state index contributed by atoms with van der Waals surface area (Å²) in [5.41, 5.74) is 0.286. The zero-order valence-electron chi connectivity index (χ0n) is 17.2. The Bertz CT molecular complexity index is 711. The van der Waals surface area contributed by atoms with Crippen LogP contribution in [0, 0.1) is 0 Å². The second-order valence-corrected chi connectivity index (χ2v) is 7.29. The quantitative estimate of drug-likeness (QED) is 0.384. The summed E-state index contributed by atoms with van der Waals surface area (Å²) in [6.45, 7) is 5.53. The highest BCUT2D eigenvalue weighted by Gasteiger charge is 2.31. The number of aliphatic hydroxyl groups is 2. The largest absolute Gasteiger partial charge is 0.479 e. The van der Waals surface area contributed by atoms with Crippen LogP contribution in [0.3, 0.4) is 0 Å². The maximum atomic E-state index is 11.7. The number of carboxylic acids is 2. The highest BCUT2D eigenvalue weighted by atomic mass is 16.6. The summed E-state index contributed by atoms with van der Waals surface area (Å²) >= 11 is 0. The molecular weight excluding hydrogens is 398 g/mol. The number of carboxylic acid groups (broad SMARTS) is 2. The molecule has 0 bridgehead atoms. The summed E-state index contributed by atoms with van der Waals surface area (Å²) in [6.07, 6.45) is -2.14. The number of aliphatic carboxylic acids is 2. The number of hydrogen-bond acceptors (Lipinski definition) is 8. The Labute approximate surface area is 174 Å². The third-order valence-electron chi connectivity index (χ3n) is 4.48. The average molecular weight is 427 g/mol. The molecule has 0 radical (unpaired) electrons. The fourth-order valence-corrected chi connectivity index (χ4v) is 2.82. The van der Waals surface area contributed by atoms with Gasteiger partial charge < -0.3 is 35.2 Å². The van der Waals surface area contributed by atoms with Crippen molar-refractivity contribution < 1.29 is 44.3 Å². The minimum Gasteiger partial charge on any atom is -0.479 e. The first kappa shape index (κ1) is 25.3. The topological polar surface area (TPSA) is 163 Å². The monoisotopic (exact) mass is 427 g/mol. The van der Waals surface area contributed by atoms with Crippen molar-refractivity contribution in [3.8, 4) is 5.75 Å². The Kier molecular flexibility index (Phi) is 9.70. The highest BCUT2D eigenvalue weighted by Crippen LogP contribution is 2.28. The second-order valence-electron chi connectivity index (χ2n) is 7.29. The summed E-state index contributed by atoms with van der Waals surface area (Å²) < 4.78 is 10.6. The number of ether oxygens (including phenoxy) is 2. The lowest BCUT2D eigenvalue weighted by Gasteiger charge is -2.26. The molecule has 0 unspecified atom stereocenters. The number of carbonyl (C=O) groups is 3. The van der Waals surface area contributed by atoms with Crippen molar-refractivity contribution in [2.45, 2.75) is 50.4 Å². The molecule has 10 nitrogen and oxygen atoms in total. The highest BCUT2D eigenvalue weighted by molar-refractivity contribution is 5.83. The van der Waals surface area contributed by atoms with E-state index in [0.717, 1.165) is 13.1 Å². The minimum atomic E-state index is -2.27. The van der Waals surface area contributed by atoms with E-state index in [9.17, 15) is 14.4 Å². The van der Waals surface area contributed by atoms with Crippen LogP contribution in [0.2, 0.25) is 0 Å². The fraction of sp³-hybridized carbons (Fsp3) is 0.550. The van der Waals surface area contributed by atoms with Gasteiger partial charge in [-0.3, -0.25) is 0 Å². The van der Waals surface area contributed by atoms with Crippen molar-refractivity contribution in [2.75, 3.05) is 20.2 Å². The number of aliphatic hydroxyl groups excluding tert-OH is 2. The second kappa shape index (κ2) is 11.5. The van der Waals surface area contributed by atoms with E-state index >= 15 is 0 Å². The Hall–Kier alpha value is -2.69. The molecule has 1 aromatic carbocycles. The lowest BCUT2D eigenvalue weighted by Crippen LogP contribution is -2.39. The standard InChI is InChI=1S/C16H23NO3.C4H6O6/c1-16(2,15(18)19-3)20-14-8-4-6-12(10-14)13-7-5-9-17-11-13;5-1(3(7)8)2(6)4(9)10/h4,6,8,10,13,17H,5,7,9,11H2,1-3H3;1-2,5-6H,(H,7,8)(H,9,10)/t13-;1-,2-/m00/s1. The lowest BCUT2D eigenvalue weighted by atomic mass is 9.91. The third-order valence-corrected chi connectivity index (χ3v) is 4.48. The van der Waals surface area contributed by atoms with Crippen molar-refractivity contribution in [3.05, 3.63) is 29.8 Å². The van der Waals surface area contributed by atoms with Gasteiger partial charge in [-0.2, -0.15) is 0 Å². The van der Waals surface area contributed by atoms with Gasteiger partial charge in [-0.05, 0) is 56.8 Å². The molecule has 1 aromatic rings. The number of hydrogen-bond donors (Lipinski definition) is 5. The van der Waals surface area contributed by atoms with Gasteiger partial charge in [-0.15, -0.1) is 0 Å². The predicted octanol–water partition coefficient (Wildman–Crippen LogP) is 0.361. The summed E-state index contributed by atoms with van der Waals surface area (Å²) in [5.74, 6) is -2.68. The number of esters is 1. The van der Waals surface area contributed by atoms with E-state index in [1.807, 2.05) is 18.2 Å². The zero-order valence-corrected chi connectivity index (χ0v) is 17.2. The van der Waals surface area contributed by atoms with Gasteiger partial charge in [-0.25, -0.2) is 14.4 Å². The van der Waals surface area contributed by atoms with Gasteiger partial charge in [0, 0.05) is 6.54 Å². The molecule has 1 fully saturated rings. The van der Waals surface area contributed by atoms with E-state index in [1.54, 1.807) is 13.8 Å². The number of benzene rings is 1. The van der Waals surface area contributed by atoms with E-state index in [0.29, 0.717) is 11.7 Å². The minimum absolute atomic E-state index is 0.373. The normalized spacial score (nSPS) is 18.2. The lowest BCUT2D eigenvalue weighted by molar-refractivity contribution is -0.165. The molecule has 0 aliphatic carbocycles. The number of rotatable bonds is 7. The first-order valence-corrected chi connectivity index (χ1v) is 9.39. The summed E-state index contributed by atoms with van der Waals surface area (Å²) in [5, 5.41) is 35.9. The zero-order chi connectivity index (χ0) is 22.9. The van der Waals surface area contributed by atoms with Crippen LogP contribution in [-0.2, 0) is 19.1 Å². The van der Waals surface area contributed by atoms with Gasteiger partial charge in [0.05, 0.1) is 7.11 Å². The molecule has 168 valence electrons. The molecular formula is C20H29NO9. The molecule has 0 amide bonds. The summed E-state index contributed by atoms with van der Waals surface area (Å²) in [4.78, 5) is 31.2. The van der Waals surface area contributed by atoms with Gasteiger partial charge in [0.1, 0.15) is 5.75 Å². The van der Waals surface area contributed by atoms with Gasteiger partial charge in [0.25, 0.3) is 0 Å². The molecule has 1 saturated heterocycles. The van der Waals surface area contributed by atoms with Crippen molar-refractivity contribution in [1.82, 2.24) is 5.32 Å². The fourth-order valence-electron chi connectivity index (χ4n) is 2.82. The van der Waals surface area contributed by atoms with E-state index in [2.05, 4.69) is 11.4 Å². The molecule has 10 heteroatoms. The van der Waals surface area contributed by atoms with Crippen molar-refractivity contribution in [2.24, 2.45) is 0 Å². The van der Waals surface area contributed by atoms with Crippen LogP contribution < -0.4 is 10.1 Å². The molecule has 1 aliphatic rings. The number of piperidine rings is 1. The van der Waals surface area contributed by atoms with Crippen LogP contribution in [0.1, 0.15) is 38.2 Å². The van der Waals surface area contributed by atoms with E-state index in [-0.39, 0.29) is 5.97 Å². The Balaban J connectivity index is 0.000000382. The molecule has 2 rings (SSSR count). The molecule has 0 saturated carbocycles. The van der Waals surface area contributed by atoms with Crippen molar-refractivity contribution in [3.63, 3.8) is 0 Å². The first-order valence-electron chi connectivity index (χ1n) is 9.39. The molecule has 3 atom stereocenters. The molecule has 30 heavy (non-hydrogen) atoms. The molecule has 1 heterocycles. The van der Waals surface area contributed by atoms with Gasteiger partial charge in [-0.1, -0.05) is 12.1 Å². The number of methoxy groups -OCH3 is 1. The van der Waals surface area contributed by atoms with Crippen LogP contribution in [-0.4, -0.2) is 76.3 Å². The van der Waals surface area contributed by atoms with Crippen LogP contribution in [0.15, 0.2) is 24.3 Å². The van der Waals surface area contributed by atoms with Crippen LogP contribution in [0.5, 0.6) is 5.75 Å². The number of carbonyl (C=O) groups excluding carboxylic acids is 1. The van der Waals surface area contributed by atoms with Crippen LogP contribution in [0.25, 0.3) is 0 Å². The molecule has 0 spiro atoms. The summed E-state index contributed by atoms with van der Waals surface area (Å²) in [7, 11) is 1.37. The molecule has 5 N–H and O–H groups in total. The maximum Gasteiger partial charge on any atom is 0.349 e. The summed E-state index contributed by atoms with van der Waals surface area (Å²) in [6, 6.07) is 8.01. The van der Waals surface area contributed by atoms with E-state index in [4.69, 9.17) is 29.9 Å². The van der Waals surface area contributed by atoms with Crippen molar-refractivity contribution in [1.29, 1.82) is 0 Å². The molecule has 1 aliphatic heterocycles. The van der Waals surface area contributed by atoms with Crippen LogP contribution in [0.4, 0.5) is 0 Å². The maximum absolute atomic E-state index is 11.7. The molecule has 0 aromatic heterocycles. The predicted molar refractivity (Wildman–Crippen MR) is 105 cm³/mol. The average Bonchev–Trinajstić information content (AvgIpc) is 2.72. The SMILES string of the molecule is COC(=O)C(C)(C)Oc1cccc([C@H]2CCCNC2)c1.O=C(O)[C@@H](O)[C@H](O)C(=O)O. The smallest absolute Gasteiger partial charge is 0.349 e. The van der Waals surface area contributed by atoms with Gasteiger partial charge >= 0.3 is 17.9 Å². The van der Waals surface area contributed by atoms with Crippen molar-refractivity contribution >= 4 is 17.9 Å². The van der Waals surface area contributed by atoms with Crippen LogP contribution >= 0.6 is 0 Å². The Morgan fingerprint density at radius 1 is 1.13 bits per heavy atom. The van der Waals surface area contributed by atoms with E-state index in [1.165, 1.54) is 25.5 Å².